The molecule has 1 aromatic heterocycles. The quantitative estimate of drug-likeness (QED) is 0.741. The molecule has 2 heterocycles. The minimum Gasteiger partial charge on any atom is -0.376 e. The van der Waals surface area contributed by atoms with Crippen molar-refractivity contribution in [2.75, 3.05) is 24.2 Å². The molecule has 0 radical (unpaired) electrons. The molecule has 25 heavy (non-hydrogen) atoms. The van der Waals surface area contributed by atoms with Crippen molar-refractivity contribution in [1.29, 1.82) is 0 Å². The van der Waals surface area contributed by atoms with E-state index in [0.717, 1.165) is 25.0 Å². The van der Waals surface area contributed by atoms with E-state index >= 15 is 0 Å². The summed E-state index contributed by atoms with van der Waals surface area (Å²) in [6.07, 6.45) is 5.28. The van der Waals surface area contributed by atoms with Crippen LogP contribution in [0.3, 0.4) is 0 Å². The Balaban J connectivity index is 1.57. The monoisotopic (exact) mass is 337 g/mol. The fourth-order valence-electron chi connectivity index (χ4n) is 2.41. The highest BCUT2D eigenvalue weighted by molar-refractivity contribution is 5.89. The van der Waals surface area contributed by atoms with Crippen LogP contribution in [0.2, 0.25) is 0 Å². The summed E-state index contributed by atoms with van der Waals surface area (Å²) in [4.78, 5) is 19.7. The molecule has 1 unspecified atom stereocenters. The highest BCUT2D eigenvalue weighted by atomic mass is 16.5. The number of rotatable bonds is 3. The first-order valence-electron chi connectivity index (χ1n) is 8.05. The average molecular weight is 337 g/mol. The smallest absolute Gasteiger partial charge is 0.319 e. The number of nitrogens with zero attached hydrogens (tertiary/aromatic N) is 2. The zero-order valence-corrected chi connectivity index (χ0v) is 13.7. The zero-order valence-electron chi connectivity index (χ0n) is 13.7. The van der Waals surface area contributed by atoms with Crippen LogP contribution >= 0.6 is 0 Å². The van der Waals surface area contributed by atoms with Gasteiger partial charge in [-0.15, -0.1) is 0 Å². The first-order chi connectivity index (χ1) is 12.2. The Labute approximate surface area is 146 Å². The number of urea groups is 1. The highest BCUT2D eigenvalue weighted by Gasteiger charge is 2.15. The number of ether oxygens (including phenoxy) is 1. The van der Waals surface area contributed by atoms with E-state index in [4.69, 9.17) is 10.5 Å². The summed E-state index contributed by atoms with van der Waals surface area (Å²) < 4.78 is 5.48. The van der Waals surface area contributed by atoms with E-state index in [1.807, 2.05) is 18.2 Å². The van der Waals surface area contributed by atoms with Gasteiger partial charge in [-0.1, -0.05) is 17.9 Å². The second-order valence-electron chi connectivity index (χ2n) is 5.63. The Morgan fingerprint density at radius 2 is 2.08 bits per heavy atom. The molecule has 1 atom stereocenters. The van der Waals surface area contributed by atoms with E-state index in [-0.39, 0.29) is 18.1 Å². The van der Waals surface area contributed by atoms with Gasteiger partial charge in [0.15, 0.2) is 0 Å². The van der Waals surface area contributed by atoms with Crippen molar-refractivity contribution < 1.29 is 9.53 Å². The SMILES string of the molecule is Nc1ncc(C#Cc2cccc(NC(=O)NCC3CCCO3)c2)cn1. The van der Waals surface area contributed by atoms with E-state index in [1.165, 1.54) is 0 Å². The van der Waals surface area contributed by atoms with Crippen molar-refractivity contribution in [3.63, 3.8) is 0 Å². The van der Waals surface area contributed by atoms with Gasteiger partial charge in [0.25, 0.3) is 0 Å². The van der Waals surface area contributed by atoms with Crippen LogP contribution in [0, 0.1) is 11.8 Å². The van der Waals surface area contributed by atoms with Gasteiger partial charge in [0.1, 0.15) is 0 Å². The van der Waals surface area contributed by atoms with Crippen molar-refractivity contribution in [2.24, 2.45) is 0 Å². The summed E-state index contributed by atoms with van der Waals surface area (Å²) in [5, 5.41) is 5.61. The third-order valence-electron chi connectivity index (χ3n) is 3.66. The molecule has 1 fully saturated rings. The molecule has 1 aliphatic heterocycles. The van der Waals surface area contributed by atoms with Gasteiger partial charge < -0.3 is 21.1 Å². The van der Waals surface area contributed by atoms with Gasteiger partial charge in [-0.25, -0.2) is 14.8 Å². The second kappa shape index (κ2) is 8.13. The van der Waals surface area contributed by atoms with Crippen molar-refractivity contribution in [2.45, 2.75) is 18.9 Å². The number of nitrogen functional groups attached to an aromatic ring is 1. The lowest BCUT2D eigenvalue weighted by molar-refractivity contribution is 0.112. The molecular formula is C18H19N5O2. The molecule has 1 aromatic carbocycles. The molecule has 2 amide bonds. The van der Waals surface area contributed by atoms with Gasteiger partial charge in [-0.05, 0) is 31.0 Å². The van der Waals surface area contributed by atoms with E-state index in [9.17, 15) is 4.79 Å². The van der Waals surface area contributed by atoms with Crippen molar-refractivity contribution in [3.8, 4) is 11.8 Å². The largest absolute Gasteiger partial charge is 0.376 e. The van der Waals surface area contributed by atoms with Gasteiger partial charge in [-0.3, -0.25) is 0 Å². The molecule has 128 valence electrons. The van der Waals surface area contributed by atoms with E-state index in [0.29, 0.717) is 17.8 Å². The van der Waals surface area contributed by atoms with Gasteiger partial charge in [0, 0.05) is 36.8 Å². The molecule has 0 bridgehead atoms. The van der Waals surface area contributed by atoms with Crippen LogP contribution in [0.4, 0.5) is 16.4 Å². The fourth-order valence-corrected chi connectivity index (χ4v) is 2.41. The van der Waals surface area contributed by atoms with Crippen LogP contribution in [-0.4, -0.2) is 35.3 Å². The Bertz CT molecular complexity index is 789. The molecule has 0 spiro atoms. The highest BCUT2D eigenvalue weighted by Crippen LogP contribution is 2.12. The van der Waals surface area contributed by atoms with E-state index in [2.05, 4.69) is 32.4 Å². The van der Waals surface area contributed by atoms with E-state index < -0.39 is 0 Å². The third-order valence-corrected chi connectivity index (χ3v) is 3.66. The minimum atomic E-state index is -0.257. The molecule has 1 saturated heterocycles. The van der Waals surface area contributed by atoms with Gasteiger partial charge >= 0.3 is 6.03 Å². The number of nitrogens with two attached hydrogens (primary N) is 1. The van der Waals surface area contributed by atoms with Gasteiger partial charge in [0.2, 0.25) is 5.95 Å². The number of benzene rings is 1. The topological polar surface area (TPSA) is 102 Å². The molecule has 4 N–H and O–H groups in total. The molecule has 0 aliphatic carbocycles. The summed E-state index contributed by atoms with van der Waals surface area (Å²) >= 11 is 0. The van der Waals surface area contributed by atoms with Crippen molar-refractivity contribution in [1.82, 2.24) is 15.3 Å². The second-order valence-corrected chi connectivity index (χ2v) is 5.63. The Morgan fingerprint density at radius 3 is 2.84 bits per heavy atom. The number of carbonyl (C=O) groups is 1. The molecule has 7 heteroatoms. The Morgan fingerprint density at radius 1 is 1.28 bits per heavy atom. The predicted molar refractivity (Wildman–Crippen MR) is 94.9 cm³/mol. The lowest BCUT2D eigenvalue weighted by atomic mass is 10.2. The van der Waals surface area contributed by atoms with Crippen LogP contribution in [0.1, 0.15) is 24.0 Å². The molecule has 7 nitrogen and oxygen atoms in total. The molecule has 0 saturated carbocycles. The minimum absolute atomic E-state index is 0.116. The maximum absolute atomic E-state index is 11.9. The van der Waals surface area contributed by atoms with Crippen molar-refractivity contribution in [3.05, 3.63) is 47.8 Å². The van der Waals surface area contributed by atoms with Crippen LogP contribution in [-0.2, 0) is 4.74 Å². The first-order valence-corrected chi connectivity index (χ1v) is 8.05. The summed E-state index contributed by atoms with van der Waals surface area (Å²) in [6.45, 7) is 1.29. The lowest BCUT2D eigenvalue weighted by Gasteiger charge is -2.11. The number of anilines is 2. The van der Waals surface area contributed by atoms with E-state index in [1.54, 1.807) is 18.5 Å². The summed E-state index contributed by atoms with van der Waals surface area (Å²) in [5.74, 6) is 6.18. The molecular weight excluding hydrogens is 318 g/mol. The van der Waals surface area contributed by atoms with Gasteiger partial charge in [-0.2, -0.15) is 0 Å². The predicted octanol–water partition coefficient (Wildman–Crippen LogP) is 1.76. The lowest BCUT2D eigenvalue weighted by Crippen LogP contribution is -2.35. The number of hydrogen-bond donors (Lipinski definition) is 3. The molecule has 1 aliphatic rings. The third kappa shape index (κ3) is 5.19. The maximum atomic E-state index is 11.9. The number of carbonyl (C=O) groups excluding carboxylic acids is 1. The number of nitrogens with one attached hydrogen (secondary N) is 2. The summed E-state index contributed by atoms with van der Waals surface area (Å²) in [5.41, 5.74) is 7.55. The first kappa shape index (κ1) is 16.7. The molecule has 2 aromatic rings. The zero-order chi connectivity index (χ0) is 17.5. The number of amides is 2. The summed E-state index contributed by atoms with van der Waals surface area (Å²) in [6, 6.07) is 7.05. The number of aromatic nitrogens is 2. The van der Waals surface area contributed by atoms with Gasteiger partial charge in [0.05, 0.1) is 11.7 Å². The fraction of sp³-hybridized carbons (Fsp3) is 0.278. The van der Waals surface area contributed by atoms with Crippen LogP contribution < -0.4 is 16.4 Å². The normalized spacial score (nSPS) is 15.9. The Kier molecular flexibility index (Phi) is 5.44. The standard InChI is InChI=1S/C18H19N5O2/c19-17-20-10-14(11-21-17)7-6-13-3-1-4-15(9-13)23-18(24)22-12-16-5-2-8-25-16/h1,3-4,9-11,16H,2,5,8,12H2,(H2,19,20,21)(H2,22,23,24). The Hall–Kier alpha value is -3.11. The average Bonchev–Trinajstić information content (AvgIpc) is 3.13. The maximum Gasteiger partial charge on any atom is 0.319 e. The van der Waals surface area contributed by atoms with Crippen LogP contribution in [0.25, 0.3) is 0 Å². The number of hydrogen-bond acceptors (Lipinski definition) is 5. The van der Waals surface area contributed by atoms with Crippen LogP contribution in [0.5, 0.6) is 0 Å². The molecule has 3 rings (SSSR count). The van der Waals surface area contributed by atoms with Crippen molar-refractivity contribution >= 4 is 17.7 Å². The summed E-state index contributed by atoms with van der Waals surface area (Å²) in [7, 11) is 0. The van der Waals surface area contributed by atoms with Crippen LogP contribution in [0.15, 0.2) is 36.7 Å².